The summed E-state index contributed by atoms with van der Waals surface area (Å²) >= 11 is 6.20. The monoisotopic (exact) mass is 743 g/mol. The van der Waals surface area contributed by atoms with Gasteiger partial charge in [-0.2, -0.15) is 26.3 Å². The van der Waals surface area contributed by atoms with E-state index in [1.807, 2.05) is 12.1 Å². The molecule has 274 valence electrons. The van der Waals surface area contributed by atoms with Gasteiger partial charge < -0.3 is 20.5 Å². The van der Waals surface area contributed by atoms with Gasteiger partial charge in [0.2, 0.25) is 0 Å². The first kappa shape index (κ1) is 37.5. The highest BCUT2D eigenvalue weighted by molar-refractivity contribution is 6.31. The third-order valence-electron chi connectivity index (χ3n) is 10.0. The second-order valence-electron chi connectivity index (χ2n) is 13.4. The molecule has 1 aliphatic heterocycles. The van der Waals surface area contributed by atoms with Crippen LogP contribution in [0, 0.1) is 5.21 Å². The molecule has 6 nitrogen and oxygen atoms in total. The first-order chi connectivity index (χ1) is 24.7. The Bertz CT molecular complexity index is 1880. The lowest BCUT2D eigenvalue weighted by Crippen LogP contribution is -3.13. The molecule has 52 heavy (non-hydrogen) atoms. The second kappa shape index (κ2) is 15.0. The number of hydrogen-bond acceptors (Lipinski definition) is 4. The highest BCUT2D eigenvalue weighted by atomic mass is 35.5. The molecule has 1 unspecified atom stereocenters. The summed E-state index contributed by atoms with van der Waals surface area (Å²) in [4.78, 5) is 29.4. The molecule has 6 rings (SSSR count). The van der Waals surface area contributed by atoms with Crippen molar-refractivity contribution in [3.05, 3.63) is 123 Å². The number of nitrogens with zero attached hydrogens (tertiary/aromatic N) is 1. The molecule has 2 amide bonds. The Morgan fingerprint density at radius 1 is 0.827 bits per heavy atom. The molecule has 13 heteroatoms. The van der Waals surface area contributed by atoms with Gasteiger partial charge >= 0.3 is 18.3 Å². The number of unbranched alkanes of at least 4 members (excludes halogenated alkanes) is 1. The molecule has 1 atom stereocenters. The maximum Gasteiger partial charge on any atom is 0.438 e. The van der Waals surface area contributed by atoms with E-state index in [4.69, 9.17) is 11.6 Å². The van der Waals surface area contributed by atoms with Gasteiger partial charge in [0.25, 0.3) is 5.91 Å². The number of piperidine rings is 1. The van der Waals surface area contributed by atoms with Crippen LogP contribution in [0.25, 0.3) is 22.3 Å². The number of hydrogen-bond donors (Lipinski definition) is 2. The highest BCUT2D eigenvalue weighted by Crippen LogP contribution is 2.51. The SMILES string of the molecule is O=C(NC1CCN(CCCCC2(C(=O)[NH+]([O-])CC(F)(F)F)c3ccccc3-c3ccccc32)CC1)c1cc(Cl)ccc1-c1ccc(C(F)(F)F)cc1. The smallest absolute Gasteiger partial charge is 0.438 e. The summed E-state index contributed by atoms with van der Waals surface area (Å²) in [6.07, 6.45) is -6.73. The molecule has 0 bridgehead atoms. The van der Waals surface area contributed by atoms with Gasteiger partial charge in [-0.15, -0.1) is 0 Å². The van der Waals surface area contributed by atoms with Crippen molar-refractivity contribution < 1.29 is 41.0 Å². The lowest BCUT2D eigenvalue weighted by Gasteiger charge is -2.35. The fraction of sp³-hybridized carbons (Fsp3) is 0.333. The van der Waals surface area contributed by atoms with Crippen molar-refractivity contribution >= 4 is 23.4 Å². The summed E-state index contributed by atoms with van der Waals surface area (Å²) in [6, 6.07) is 23.3. The molecule has 0 saturated carbocycles. The zero-order valence-corrected chi connectivity index (χ0v) is 28.7. The predicted molar refractivity (Wildman–Crippen MR) is 186 cm³/mol. The number of hydroxylamine groups is 2. The number of amides is 2. The Hall–Kier alpha value is -4.23. The number of rotatable bonds is 10. The van der Waals surface area contributed by atoms with Crippen LogP contribution in [-0.2, 0) is 16.4 Å². The van der Waals surface area contributed by atoms with Gasteiger partial charge in [0.1, 0.15) is 5.41 Å². The number of quaternary nitrogens is 1. The average molecular weight is 744 g/mol. The molecule has 2 N–H and O–H groups in total. The lowest BCUT2D eigenvalue weighted by molar-refractivity contribution is -0.782. The minimum Gasteiger partial charge on any atom is -0.626 e. The first-order valence-corrected chi connectivity index (χ1v) is 17.4. The number of nitrogens with one attached hydrogen (secondary N) is 2. The largest absolute Gasteiger partial charge is 0.626 e. The van der Waals surface area contributed by atoms with Crippen LogP contribution in [0.1, 0.15) is 59.2 Å². The zero-order valence-electron chi connectivity index (χ0n) is 27.9. The molecular weight excluding hydrogens is 708 g/mol. The number of fused-ring (bicyclic) bond motifs is 3. The molecule has 1 fully saturated rings. The van der Waals surface area contributed by atoms with Crippen molar-refractivity contribution in [3.63, 3.8) is 0 Å². The molecule has 0 radical (unpaired) electrons. The lowest BCUT2D eigenvalue weighted by atomic mass is 9.73. The Labute approximate surface area is 302 Å². The van der Waals surface area contributed by atoms with E-state index in [9.17, 15) is 41.1 Å². The second-order valence-corrected chi connectivity index (χ2v) is 13.8. The molecule has 1 heterocycles. The van der Waals surface area contributed by atoms with Gasteiger partial charge in [-0.05, 0) is 89.9 Å². The summed E-state index contributed by atoms with van der Waals surface area (Å²) in [6.45, 7) is 0.159. The van der Waals surface area contributed by atoms with E-state index in [2.05, 4.69) is 10.2 Å². The Morgan fingerprint density at radius 2 is 1.42 bits per heavy atom. The fourth-order valence-electron chi connectivity index (χ4n) is 7.54. The van der Waals surface area contributed by atoms with E-state index in [0.29, 0.717) is 72.6 Å². The molecule has 1 aliphatic carbocycles. The number of likely N-dealkylation sites (tertiary alicyclic amines) is 1. The van der Waals surface area contributed by atoms with Crippen LogP contribution in [0.15, 0.2) is 91.0 Å². The predicted octanol–water partition coefficient (Wildman–Crippen LogP) is 7.83. The van der Waals surface area contributed by atoms with Crippen molar-refractivity contribution in [1.29, 1.82) is 0 Å². The van der Waals surface area contributed by atoms with Gasteiger partial charge in [0.15, 0.2) is 6.54 Å². The van der Waals surface area contributed by atoms with Gasteiger partial charge in [0, 0.05) is 29.7 Å². The summed E-state index contributed by atoms with van der Waals surface area (Å²) in [7, 11) is 0. The fourth-order valence-corrected chi connectivity index (χ4v) is 7.71. The van der Waals surface area contributed by atoms with Crippen LogP contribution >= 0.6 is 11.6 Å². The molecule has 0 aromatic heterocycles. The van der Waals surface area contributed by atoms with Crippen molar-refractivity contribution in [1.82, 2.24) is 10.2 Å². The van der Waals surface area contributed by atoms with Crippen LogP contribution in [0.5, 0.6) is 0 Å². The zero-order chi connectivity index (χ0) is 37.3. The molecular formula is C39H36ClF6N3O3. The van der Waals surface area contributed by atoms with Crippen LogP contribution in [0.2, 0.25) is 5.02 Å². The molecule has 1 saturated heterocycles. The average Bonchev–Trinajstić information content (AvgIpc) is 3.40. The van der Waals surface area contributed by atoms with E-state index in [0.717, 1.165) is 23.3 Å². The number of carbonyl (C=O) groups excluding carboxylic acids is 2. The molecule has 4 aromatic rings. The van der Waals surface area contributed by atoms with Gasteiger partial charge in [-0.25, -0.2) is 4.79 Å². The van der Waals surface area contributed by atoms with Crippen LogP contribution in [0.4, 0.5) is 26.3 Å². The van der Waals surface area contributed by atoms with Crippen molar-refractivity contribution in [2.45, 2.75) is 55.9 Å². The standard InChI is InChI=1S/C39H36ClF6N3O3/c40-27-15-16-29(25-11-13-26(14-12-25)39(44,45)46)32(23-27)35(50)47-28-17-21-48(22-18-28)20-6-5-19-37(36(51)49(52)24-38(41,42)43)33-9-3-1-7-30(33)31-8-2-4-10-34(31)37/h1-4,7-16,23,28,49H,5-6,17-22,24H2,(H,47,50). The Morgan fingerprint density at radius 3 is 2.00 bits per heavy atom. The van der Waals surface area contributed by atoms with E-state index < -0.39 is 40.8 Å². The van der Waals surface area contributed by atoms with Crippen molar-refractivity contribution in [3.8, 4) is 22.3 Å². The normalized spacial score (nSPS) is 16.6. The number of carbonyl (C=O) groups is 2. The van der Waals surface area contributed by atoms with E-state index >= 15 is 0 Å². The van der Waals surface area contributed by atoms with E-state index in [1.54, 1.807) is 48.5 Å². The number of benzene rings is 4. The van der Waals surface area contributed by atoms with E-state index in [1.165, 1.54) is 18.2 Å². The van der Waals surface area contributed by atoms with Crippen molar-refractivity contribution in [2.75, 3.05) is 26.2 Å². The summed E-state index contributed by atoms with van der Waals surface area (Å²) < 4.78 is 79.1. The molecule has 0 spiro atoms. The third kappa shape index (κ3) is 7.90. The highest BCUT2D eigenvalue weighted by Gasteiger charge is 2.53. The molecule has 2 aliphatic rings. The van der Waals surface area contributed by atoms with Crippen molar-refractivity contribution in [2.24, 2.45) is 0 Å². The van der Waals surface area contributed by atoms with Gasteiger partial charge in [-0.1, -0.05) is 84.8 Å². The topological polar surface area (TPSA) is 76.9 Å². The quantitative estimate of drug-likeness (QED) is 0.0987. The number of halogens is 7. The summed E-state index contributed by atoms with van der Waals surface area (Å²) in [5.74, 6) is -1.43. The minimum absolute atomic E-state index is 0.157. The van der Waals surface area contributed by atoms with E-state index in [-0.39, 0.29) is 23.9 Å². The van der Waals surface area contributed by atoms with Gasteiger partial charge in [0.05, 0.1) is 5.56 Å². The number of alkyl halides is 6. The Balaban J connectivity index is 1.08. The third-order valence-corrected chi connectivity index (χ3v) is 10.2. The van der Waals surface area contributed by atoms with Gasteiger partial charge in [-0.3, -0.25) is 4.79 Å². The first-order valence-electron chi connectivity index (χ1n) is 17.0. The maximum atomic E-state index is 13.8. The summed E-state index contributed by atoms with van der Waals surface area (Å²) in [5, 5.41) is 14.8. The minimum atomic E-state index is -4.81. The maximum absolute atomic E-state index is 13.8. The van der Waals surface area contributed by atoms with Crippen LogP contribution in [0.3, 0.4) is 0 Å². The van der Waals surface area contributed by atoms with Crippen LogP contribution in [-0.4, -0.2) is 55.1 Å². The molecule has 4 aromatic carbocycles. The van der Waals surface area contributed by atoms with Crippen LogP contribution < -0.4 is 10.4 Å². The summed E-state index contributed by atoms with van der Waals surface area (Å²) in [5.41, 5.74) is 1.43. The Kier molecular flexibility index (Phi) is 10.8.